The number of ether oxygens (including phenoxy) is 1. The van der Waals surface area contributed by atoms with Crippen molar-refractivity contribution in [3.63, 3.8) is 0 Å². The van der Waals surface area contributed by atoms with E-state index in [0.29, 0.717) is 47.2 Å². The van der Waals surface area contributed by atoms with Gasteiger partial charge in [-0.05, 0) is 111 Å². The first-order chi connectivity index (χ1) is 32.4. The second-order valence-corrected chi connectivity index (χ2v) is 18.5. The van der Waals surface area contributed by atoms with Crippen LogP contribution in [0, 0.1) is 22.7 Å². The molecule has 2 fully saturated rings. The van der Waals surface area contributed by atoms with E-state index in [1.807, 2.05) is 0 Å². The van der Waals surface area contributed by atoms with E-state index in [1.54, 1.807) is 36.5 Å². The first-order valence-electron chi connectivity index (χ1n) is 22.2. The summed E-state index contributed by atoms with van der Waals surface area (Å²) < 4.78 is 34.8. The lowest BCUT2D eigenvalue weighted by atomic mass is 9.97. The molecule has 19 heteroatoms. The molecule has 18 nitrogen and oxygen atoms in total. The Morgan fingerprint density at radius 1 is 0.970 bits per heavy atom. The molecule has 3 aliphatic heterocycles. The molecule has 0 spiro atoms. The number of imide groups is 2. The summed E-state index contributed by atoms with van der Waals surface area (Å²) in [5, 5.41) is 9.35. The maximum absolute atomic E-state index is 13.4. The highest BCUT2D eigenvalue weighted by atomic mass is 32.2. The van der Waals surface area contributed by atoms with Crippen LogP contribution in [0.5, 0.6) is 11.5 Å². The first-order valence-corrected chi connectivity index (χ1v) is 23.7. The molecule has 346 valence electrons. The fourth-order valence-corrected chi connectivity index (χ4v) is 9.67. The van der Waals surface area contributed by atoms with E-state index < -0.39 is 45.6 Å². The lowest BCUT2D eigenvalue weighted by molar-refractivity contribution is -0.136. The summed E-state index contributed by atoms with van der Waals surface area (Å²) in [5.41, 5.74) is 7.96. The van der Waals surface area contributed by atoms with Crippen LogP contribution in [-0.4, -0.2) is 89.9 Å². The van der Waals surface area contributed by atoms with Crippen molar-refractivity contribution in [3.8, 4) is 23.3 Å². The molecule has 3 aromatic carbocycles. The number of amides is 5. The van der Waals surface area contributed by atoms with Gasteiger partial charge in [-0.2, -0.15) is 0 Å². The number of sulfonamides is 1. The number of hydrogen-bond donors (Lipinski definition) is 5. The van der Waals surface area contributed by atoms with Crippen LogP contribution >= 0.6 is 0 Å². The Hall–Kier alpha value is -7.43. The van der Waals surface area contributed by atoms with Gasteiger partial charge in [-0.3, -0.25) is 34.2 Å². The van der Waals surface area contributed by atoms with Crippen molar-refractivity contribution in [2.75, 3.05) is 37.2 Å². The number of nitroso groups, excluding NO2 is 1. The van der Waals surface area contributed by atoms with E-state index in [2.05, 4.69) is 47.2 Å². The molecule has 8 rings (SSSR count). The van der Waals surface area contributed by atoms with Gasteiger partial charge in [0.2, 0.25) is 11.8 Å². The average Bonchev–Trinajstić information content (AvgIpc) is 3.88. The Bertz CT molecular complexity index is 2940. The molecule has 5 aromatic rings. The van der Waals surface area contributed by atoms with Crippen molar-refractivity contribution in [1.29, 1.82) is 0 Å². The number of anilines is 2. The quantitative estimate of drug-likeness (QED) is 0.0224. The average molecular weight is 928 g/mol. The van der Waals surface area contributed by atoms with Gasteiger partial charge in [0, 0.05) is 54.8 Å². The molecule has 0 bridgehead atoms. The summed E-state index contributed by atoms with van der Waals surface area (Å²) in [7, 11) is -4.44. The standard InChI is InChI=1S/C48H49N9O9S/c49-33-14-16-36(41(25-33)66-34-24-32-20-21-50-44(32)52-28-34)45(59)55-67(64,65)35-15-17-38(39(26-35)54-63)51-27-30-10-9-23-56(29-30)22-7-5-3-1-2-4-6-11-31-12-8-13-37-43(31)48(62)57(47(37)61)40-18-19-42(58)53-46(40)60/h8,12-17,20-21,24-26,28,30,40,51H,1-5,7,9-10,18-19,22-23,27,29,49H2,(H,50,52)(H,55,59)(H,53,58,60). The minimum atomic E-state index is -4.44. The molecule has 6 N–H and O–H groups in total. The van der Waals surface area contributed by atoms with Gasteiger partial charge in [-0.1, -0.05) is 37.2 Å². The number of benzene rings is 3. The van der Waals surface area contributed by atoms with Crippen LogP contribution < -0.4 is 25.8 Å². The van der Waals surface area contributed by atoms with Crippen LogP contribution in [0.15, 0.2) is 89.2 Å². The van der Waals surface area contributed by atoms with E-state index in [1.165, 1.54) is 36.5 Å². The van der Waals surface area contributed by atoms with Gasteiger partial charge in [-0.25, -0.2) is 18.1 Å². The highest BCUT2D eigenvalue weighted by molar-refractivity contribution is 7.90. The molecule has 0 aliphatic carbocycles. The summed E-state index contributed by atoms with van der Waals surface area (Å²) in [5.74, 6) is 3.68. The first kappa shape index (κ1) is 46.1. The van der Waals surface area contributed by atoms with Crippen LogP contribution in [0.3, 0.4) is 0 Å². The maximum atomic E-state index is 13.4. The van der Waals surface area contributed by atoms with E-state index in [0.717, 1.165) is 80.9 Å². The monoisotopic (exact) mass is 927 g/mol. The minimum Gasteiger partial charge on any atom is -0.455 e. The second-order valence-electron chi connectivity index (χ2n) is 16.8. The molecule has 2 unspecified atom stereocenters. The number of nitrogens with one attached hydrogen (secondary N) is 4. The van der Waals surface area contributed by atoms with E-state index in [4.69, 9.17) is 10.5 Å². The van der Waals surface area contributed by atoms with Crippen molar-refractivity contribution in [2.45, 2.75) is 75.1 Å². The predicted molar refractivity (Wildman–Crippen MR) is 249 cm³/mol. The molecule has 2 atom stereocenters. The number of nitrogens with two attached hydrogens (primary N) is 1. The van der Waals surface area contributed by atoms with Crippen molar-refractivity contribution in [1.82, 2.24) is 29.8 Å². The molecule has 3 aliphatic rings. The van der Waals surface area contributed by atoms with E-state index in [-0.39, 0.29) is 45.9 Å². The lowest BCUT2D eigenvalue weighted by Gasteiger charge is -2.33. The molecule has 0 saturated carbocycles. The van der Waals surface area contributed by atoms with E-state index in [9.17, 15) is 37.3 Å². The number of pyridine rings is 1. The second kappa shape index (κ2) is 20.4. The van der Waals surface area contributed by atoms with Crippen molar-refractivity contribution in [3.05, 3.63) is 106 Å². The van der Waals surface area contributed by atoms with Crippen LogP contribution in [0.4, 0.5) is 17.1 Å². The summed E-state index contributed by atoms with van der Waals surface area (Å²) in [6.07, 6.45) is 11.0. The minimum absolute atomic E-state index is 0.0233. The lowest BCUT2D eigenvalue weighted by Crippen LogP contribution is -2.54. The topological polar surface area (TPSA) is 255 Å². The SMILES string of the molecule is Nc1ccc(C(=O)NS(=O)(=O)c2ccc(NCC3CCCN(CCCCCCCC#Cc4cccc5c4C(=O)N(C4CCC(=O)NC4=O)C5=O)C3)c(N=O)c2)c(Oc2cnc3[nH]ccc3c2)c1. The molecule has 5 amide bonds. The summed E-state index contributed by atoms with van der Waals surface area (Å²) in [6, 6.07) is 15.5. The predicted octanol–water partition coefficient (Wildman–Crippen LogP) is 6.37. The number of aromatic nitrogens is 2. The van der Waals surface area contributed by atoms with Crippen LogP contribution in [0.2, 0.25) is 0 Å². The third-order valence-electron chi connectivity index (χ3n) is 12.1. The van der Waals surface area contributed by atoms with Crippen LogP contribution in [0.25, 0.3) is 11.0 Å². The number of piperidine rings is 2. The summed E-state index contributed by atoms with van der Waals surface area (Å²) in [4.78, 5) is 86.1. The van der Waals surface area contributed by atoms with Gasteiger partial charge in [0.05, 0.1) is 33.5 Å². The van der Waals surface area contributed by atoms with Crippen molar-refractivity contribution in [2.24, 2.45) is 11.1 Å². The Morgan fingerprint density at radius 2 is 1.81 bits per heavy atom. The number of carbonyl (C=O) groups excluding carboxylic acids is 5. The van der Waals surface area contributed by atoms with E-state index >= 15 is 0 Å². The number of carbonyl (C=O) groups is 5. The Labute approximate surface area is 386 Å². The normalized spacial score (nSPS) is 17.4. The Kier molecular flexibility index (Phi) is 14.0. The zero-order chi connectivity index (χ0) is 47.1. The zero-order valence-electron chi connectivity index (χ0n) is 36.5. The highest BCUT2D eigenvalue weighted by Crippen LogP contribution is 2.33. The van der Waals surface area contributed by atoms with Gasteiger partial charge in [0.25, 0.3) is 27.7 Å². The smallest absolute Gasteiger partial charge is 0.268 e. The molecule has 0 radical (unpaired) electrons. The Morgan fingerprint density at radius 3 is 2.64 bits per heavy atom. The molecular formula is C48H49N9O9S. The number of hydrogen-bond acceptors (Lipinski definition) is 14. The van der Waals surface area contributed by atoms with Crippen LogP contribution in [0.1, 0.15) is 101 Å². The molecule has 67 heavy (non-hydrogen) atoms. The van der Waals surface area contributed by atoms with Gasteiger partial charge in [0.15, 0.2) is 0 Å². The number of H-pyrrole nitrogens is 1. The van der Waals surface area contributed by atoms with Gasteiger partial charge in [0.1, 0.15) is 28.9 Å². The van der Waals surface area contributed by atoms with Gasteiger partial charge >= 0.3 is 0 Å². The fourth-order valence-electron chi connectivity index (χ4n) is 8.68. The molecule has 2 saturated heterocycles. The number of unbranched alkanes of at least 4 members (excludes halogenated alkanes) is 5. The third kappa shape index (κ3) is 10.7. The number of nitrogens with zero attached hydrogens (tertiary/aromatic N) is 4. The molecule has 2 aromatic heterocycles. The number of rotatable bonds is 17. The number of nitrogen functional groups attached to an aromatic ring is 1. The van der Waals surface area contributed by atoms with Crippen molar-refractivity contribution < 1.29 is 37.1 Å². The zero-order valence-corrected chi connectivity index (χ0v) is 37.3. The number of aromatic amines is 1. The van der Waals surface area contributed by atoms with Gasteiger partial charge < -0.3 is 25.7 Å². The Balaban J connectivity index is 0.762. The maximum Gasteiger partial charge on any atom is 0.268 e. The fraction of sp³-hybridized carbons (Fsp3) is 0.333. The summed E-state index contributed by atoms with van der Waals surface area (Å²) >= 11 is 0. The van der Waals surface area contributed by atoms with Crippen LogP contribution in [-0.2, 0) is 19.6 Å². The highest BCUT2D eigenvalue weighted by Gasteiger charge is 2.45. The third-order valence-corrected chi connectivity index (χ3v) is 13.4. The van der Waals surface area contributed by atoms with Crippen molar-refractivity contribution >= 4 is 67.7 Å². The number of fused-ring (bicyclic) bond motifs is 2. The van der Waals surface area contributed by atoms with Gasteiger partial charge in [-0.15, -0.1) is 4.91 Å². The largest absolute Gasteiger partial charge is 0.455 e. The molecule has 5 heterocycles. The molecular weight excluding hydrogens is 879 g/mol. The summed E-state index contributed by atoms with van der Waals surface area (Å²) in [6.45, 7) is 3.39. The number of likely N-dealkylation sites (tertiary alicyclic amines) is 1.